The van der Waals surface area contributed by atoms with Gasteiger partial charge in [-0.15, -0.1) is 0 Å². The Kier molecular flexibility index (Phi) is 9.57. The van der Waals surface area contributed by atoms with Gasteiger partial charge in [0.25, 0.3) is 0 Å². The van der Waals surface area contributed by atoms with Gasteiger partial charge >= 0.3 is 6.09 Å². The van der Waals surface area contributed by atoms with Gasteiger partial charge in [0, 0.05) is 73.1 Å². The van der Waals surface area contributed by atoms with Gasteiger partial charge in [0.1, 0.15) is 22.8 Å². The number of benzene rings is 1. The normalized spacial score (nSPS) is 13.3. The fourth-order valence-corrected chi connectivity index (χ4v) is 4.11. The third-order valence-corrected chi connectivity index (χ3v) is 6.25. The zero-order valence-electron chi connectivity index (χ0n) is 24.3. The third kappa shape index (κ3) is 8.05. The van der Waals surface area contributed by atoms with E-state index in [0.717, 1.165) is 16.9 Å². The van der Waals surface area contributed by atoms with Gasteiger partial charge in [0.05, 0.1) is 12.2 Å². The number of fused-ring (bicyclic) bond motifs is 1. The molecular weight excluding hydrogens is 513 g/mol. The average Bonchev–Trinajstić information content (AvgIpc) is 3.26. The fraction of sp³-hybridized carbons (Fsp3) is 0.433. The number of hydrogen-bond donors (Lipinski definition) is 3. The second kappa shape index (κ2) is 12.5. The number of rotatable bonds is 10. The summed E-state index contributed by atoms with van der Waals surface area (Å²) in [5.41, 5.74) is 9.29. The number of halogens is 1. The molecule has 0 saturated carbocycles. The molecule has 4 N–H and O–H groups in total. The van der Waals surface area contributed by atoms with Gasteiger partial charge in [-0.1, -0.05) is 0 Å². The predicted molar refractivity (Wildman–Crippen MR) is 155 cm³/mol. The first-order valence-electron chi connectivity index (χ1n) is 13.2. The number of imidazole rings is 1. The Bertz CT molecular complexity index is 1410. The number of carbonyl (C=O) groups excluding carboxylic acids is 1. The van der Waals surface area contributed by atoms with E-state index in [2.05, 4.69) is 15.3 Å². The van der Waals surface area contributed by atoms with Crippen LogP contribution in [-0.2, 0) is 11.2 Å². The lowest BCUT2D eigenvalue weighted by Crippen LogP contribution is -2.33. The summed E-state index contributed by atoms with van der Waals surface area (Å²) in [6.07, 6.45) is 4.11. The average molecular weight is 554 g/mol. The minimum Gasteiger partial charge on any atom is -0.492 e. The van der Waals surface area contributed by atoms with Gasteiger partial charge in [-0.2, -0.15) is 0 Å². The molecule has 2 heterocycles. The number of aliphatic imine (C=N–C) groups is 1. The molecule has 0 aliphatic carbocycles. The van der Waals surface area contributed by atoms with Crippen molar-refractivity contribution in [3.05, 3.63) is 65.5 Å². The molecule has 3 aromatic rings. The molecule has 0 atom stereocenters. The van der Waals surface area contributed by atoms with E-state index in [1.54, 1.807) is 33.2 Å². The van der Waals surface area contributed by atoms with Gasteiger partial charge in [-0.25, -0.2) is 14.2 Å². The van der Waals surface area contributed by atoms with Crippen LogP contribution in [0.5, 0.6) is 5.75 Å². The highest BCUT2D eigenvalue weighted by molar-refractivity contribution is 5.99. The van der Waals surface area contributed by atoms with Crippen LogP contribution in [0, 0.1) is 5.82 Å². The highest BCUT2D eigenvalue weighted by Gasteiger charge is 2.22. The Morgan fingerprint density at radius 3 is 2.58 bits per heavy atom. The Labute approximate surface area is 234 Å². The standard InChI is InChI=1S/C30H40FN5O4/c1-19(33-7)23(27(32)30(5,6)38)13-15-39-25-16-21(31)9-10-24(25)20-8-11-26-35-17-22(36(26)18-20)12-14-34-28(37)40-29(2,3)4/h8-11,16-18,38H,12-15,32H2,1-7H3,(H,34,37)/b27-23-,33-19?. The largest absolute Gasteiger partial charge is 0.492 e. The van der Waals surface area contributed by atoms with Crippen LogP contribution in [0.3, 0.4) is 0 Å². The lowest BCUT2D eigenvalue weighted by Gasteiger charge is -2.22. The van der Waals surface area contributed by atoms with Crippen molar-refractivity contribution in [3.8, 4) is 16.9 Å². The highest BCUT2D eigenvalue weighted by Crippen LogP contribution is 2.32. The van der Waals surface area contributed by atoms with Gasteiger partial charge < -0.3 is 30.0 Å². The SMILES string of the molecule is CN=C(C)/C(CCOc1cc(F)ccc1-c1ccc2ncc(CCNC(=O)OC(C)(C)C)n2c1)=C(\N)C(C)(C)O. The van der Waals surface area contributed by atoms with E-state index in [-0.39, 0.29) is 6.61 Å². The molecule has 0 fully saturated rings. The number of hydrogen-bond acceptors (Lipinski definition) is 7. The number of aliphatic hydroxyl groups is 1. The summed E-state index contributed by atoms with van der Waals surface area (Å²) in [5, 5.41) is 13.2. The zero-order valence-corrected chi connectivity index (χ0v) is 24.3. The summed E-state index contributed by atoms with van der Waals surface area (Å²) in [6.45, 7) is 11.1. The molecule has 3 rings (SSSR count). The number of nitrogens with zero attached hydrogens (tertiary/aromatic N) is 3. The van der Waals surface area contributed by atoms with Crippen LogP contribution in [0.2, 0.25) is 0 Å². The molecule has 1 amide bonds. The van der Waals surface area contributed by atoms with Crippen LogP contribution in [-0.4, -0.2) is 57.7 Å². The molecule has 1 aromatic carbocycles. The van der Waals surface area contributed by atoms with Crippen molar-refractivity contribution < 1.29 is 23.8 Å². The molecule has 10 heteroatoms. The number of ether oxygens (including phenoxy) is 2. The zero-order chi connectivity index (χ0) is 29.7. The molecule has 0 spiro atoms. The van der Waals surface area contributed by atoms with Gasteiger partial charge in [0.15, 0.2) is 0 Å². The number of aromatic nitrogens is 2. The van der Waals surface area contributed by atoms with Crippen LogP contribution in [0.4, 0.5) is 9.18 Å². The number of amides is 1. The number of nitrogens with two attached hydrogens (primary N) is 1. The summed E-state index contributed by atoms with van der Waals surface area (Å²) in [7, 11) is 1.66. The minimum atomic E-state index is -1.22. The molecule has 0 aliphatic rings. The lowest BCUT2D eigenvalue weighted by atomic mass is 9.96. The van der Waals surface area contributed by atoms with Crippen LogP contribution >= 0.6 is 0 Å². The lowest BCUT2D eigenvalue weighted by molar-refractivity contribution is 0.0528. The molecule has 40 heavy (non-hydrogen) atoms. The number of nitrogens with one attached hydrogen (secondary N) is 1. The molecule has 0 unspecified atom stereocenters. The van der Waals surface area contributed by atoms with E-state index in [4.69, 9.17) is 15.2 Å². The molecule has 0 bridgehead atoms. The van der Waals surface area contributed by atoms with E-state index >= 15 is 0 Å². The summed E-state index contributed by atoms with van der Waals surface area (Å²) < 4.78 is 27.6. The van der Waals surface area contributed by atoms with Crippen molar-refractivity contribution in [2.24, 2.45) is 10.7 Å². The van der Waals surface area contributed by atoms with Crippen LogP contribution < -0.4 is 15.8 Å². The van der Waals surface area contributed by atoms with E-state index in [1.807, 2.05) is 50.4 Å². The van der Waals surface area contributed by atoms with Crippen LogP contribution in [0.25, 0.3) is 16.8 Å². The molecule has 0 aliphatic heterocycles. The molecule has 9 nitrogen and oxygen atoms in total. The smallest absolute Gasteiger partial charge is 0.407 e. The third-order valence-electron chi connectivity index (χ3n) is 6.25. The van der Waals surface area contributed by atoms with Crippen molar-refractivity contribution in [2.45, 2.75) is 65.6 Å². The maximum atomic E-state index is 14.3. The highest BCUT2D eigenvalue weighted by atomic mass is 19.1. The number of pyridine rings is 1. The van der Waals surface area contributed by atoms with Crippen LogP contribution in [0.1, 0.15) is 53.7 Å². The van der Waals surface area contributed by atoms with Crippen molar-refractivity contribution in [1.29, 1.82) is 0 Å². The summed E-state index contributed by atoms with van der Waals surface area (Å²) in [6, 6.07) is 8.18. The first kappa shape index (κ1) is 30.6. The quantitative estimate of drug-likeness (QED) is 0.302. The topological polar surface area (TPSA) is 123 Å². The predicted octanol–water partition coefficient (Wildman–Crippen LogP) is 5.05. The van der Waals surface area contributed by atoms with Gasteiger partial charge in [-0.3, -0.25) is 4.99 Å². The molecule has 2 aromatic heterocycles. The fourth-order valence-electron chi connectivity index (χ4n) is 4.11. The van der Waals surface area contributed by atoms with E-state index < -0.39 is 23.1 Å². The van der Waals surface area contributed by atoms with Gasteiger partial charge in [-0.05, 0) is 71.4 Å². The number of alkyl carbamates (subject to hydrolysis) is 1. The monoisotopic (exact) mass is 553 g/mol. The number of carbonyl (C=O) groups is 1. The van der Waals surface area contributed by atoms with Gasteiger partial charge in [0.2, 0.25) is 0 Å². The van der Waals surface area contributed by atoms with E-state index in [0.29, 0.717) is 47.7 Å². The summed E-state index contributed by atoms with van der Waals surface area (Å²) >= 11 is 0. The van der Waals surface area contributed by atoms with Crippen molar-refractivity contribution in [1.82, 2.24) is 14.7 Å². The minimum absolute atomic E-state index is 0.199. The first-order chi connectivity index (χ1) is 18.7. The molecular formula is C30H40FN5O4. The Balaban J connectivity index is 1.81. The molecule has 216 valence electrons. The maximum absolute atomic E-state index is 14.3. The Hall–Kier alpha value is -3.92. The second-order valence-electron chi connectivity index (χ2n) is 11.1. The maximum Gasteiger partial charge on any atom is 0.407 e. The van der Waals surface area contributed by atoms with Crippen molar-refractivity contribution >= 4 is 17.5 Å². The molecule has 0 radical (unpaired) electrons. The second-order valence-corrected chi connectivity index (χ2v) is 11.1. The Morgan fingerprint density at radius 1 is 1.20 bits per heavy atom. The van der Waals surface area contributed by atoms with Crippen molar-refractivity contribution in [3.63, 3.8) is 0 Å². The van der Waals surface area contributed by atoms with Crippen LogP contribution in [0.15, 0.2) is 59.0 Å². The summed E-state index contributed by atoms with van der Waals surface area (Å²) in [5.74, 6) is -0.0469. The van der Waals surface area contributed by atoms with Crippen molar-refractivity contribution in [2.75, 3.05) is 20.2 Å². The van der Waals surface area contributed by atoms with E-state index in [1.165, 1.54) is 12.1 Å². The molecule has 0 saturated heterocycles. The Morgan fingerprint density at radius 2 is 1.93 bits per heavy atom. The first-order valence-corrected chi connectivity index (χ1v) is 13.2. The summed E-state index contributed by atoms with van der Waals surface area (Å²) in [4.78, 5) is 20.7. The van der Waals surface area contributed by atoms with E-state index in [9.17, 15) is 14.3 Å².